The molecule has 2 heteroatoms. The number of nitrogens with zero attached hydrogens (tertiary/aromatic N) is 1. The van der Waals surface area contributed by atoms with E-state index in [4.69, 9.17) is 4.74 Å². The highest BCUT2D eigenvalue weighted by atomic mass is 16.5. The normalized spacial score (nSPS) is 13.2. The van der Waals surface area contributed by atoms with Crippen molar-refractivity contribution < 1.29 is 4.74 Å². The predicted molar refractivity (Wildman–Crippen MR) is 67.4 cm³/mol. The van der Waals surface area contributed by atoms with Crippen LogP contribution in [0.15, 0.2) is 42.5 Å². The van der Waals surface area contributed by atoms with Gasteiger partial charge >= 0.3 is 0 Å². The lowest BCUT2D eigenvalue weighted by atomic mass is 10.1. The molecule has 1 unspecified atom stereocenters. The van der Waals surface area contributed by atoms with Crippen LogP contribution in [0.2, 0.25) is 0 Å². The molecule has 0 radical (unpaired) electrons. The van der Waals surface area contributed by atoms with E-state index in [0.717, 1.165) is 0 Å². The molecular formula is C14H17NO. The van der Waals surface area contributed by atoms with Crippen LogP contribution in [0.1, 0.15) is 11.8 Å². The third kappa shape index (κ3) is 2.08. The van der Waals surface area contributed by atoms with Gasteiger partial charge in [-0.25, -0.2) is 0 Å². The van der Waals surface area contributed by atoms with Crippen LogP contribution in [0.5, 0.6) is 0 Å². The molecule has 1 atom stereocenters. The monoisotopic (exact) mass is 215 g/mol. The quantitative estimate of drug-likeness (QED) is 0.730. The van der Waals surface area contributed by atoms with Gasteiger partial charge in [-0.15, -0.1) is 0 Å². The van der Waals surface area contributed by atoms with Gasteiger partial charge in [0, 0.05) is 7.11 Å². The van der Waals surface area contributed by atoms with Gasteiger partial charge in [0.2, 0.25) is 0 Å². The first-order valence-corrected chi connectivity index (χ1v) is 5.40. The van der Waals surface area contributed by atoms with Crippen LogP contribution in [0.4, 0.5) is 0 Å². The molecule has 0 bridgehead atoms. The molecule has 0 aliphatic carbocycles. The van der Waals surface area contributed by atoms with Gasteiger partial charge in [0.15, 0.2) is 0 Å². The van der Waals surface area contributed by atoms with Crippen molar-refractivity contribution in [1.82, 2.24) is 4.90 Å². The van der Waals surface area contributed by atoms with Crippen molar-refractivity contribution in [3.05, 3.63) is 48.0 Å². The SMILES string of the molecule is COC(c1ccc2ccccc2c1)N(C)C. The summed E-state index contributed by atoms with van der Waals surface area (Å²) >= 11 is 0. The molecule has 2 nitrogen and oxygen atoms in total. The molecule has 0 amide bonds. The van der Waals surface area contributed by atoms with Crippen LogP contribution in [0.25, 0.3) is 10.8 Å². The van der Waals surface area contributed by atoms with Crippen molar-refractivity contribution in [2.75, 3.05) is 21.2 Å². The lowest BCUT2D eigenvalue weighted by molar-refractivity contribution is -0.00530. The third-order valence-corrected chi connectivity index (χ3v) is 2.75. The van der Waals surface area contributed by atoms with Gasteiger partial charge in [0.25, 0.3) is 0 Å². The molecule has 84 valence electrons. The molecular weight excluding hydrogens is 198 g/mol. The van der Waals surface area contributed by atoms with Crippen molar-refractivity contribution in [2.24, 2.45) is 0 Å². The van der Waals surface area contributed by atoms with Crippen LogP contribution >= 0.6 is 0 Å². The van der Waals surface area contributed by atoms with E-state index in [9.17, 15) is 0 Å². The summed E-state index contributed by atoms with van der Waals surface area (Å²) in [6.07, 6.45) is 0.0182. The van der Waals surface area contributed by atoms with Gasteiger partial charge in [-0.1, -0.05) is 36.4 Å². The Morgan fingerprint density at radius 2 is 1.69 bits per heavy atom. The molecule has 0 N–H and O–H groups in total. The zero-order valence-electron chi connectivity index (χ0n) is 9.97. The zero-order valence-corrected chi connectivity index (χ0v) is 9.97. The Morgan fingerprint density at radius 1 is 1.00 bits per heavy atom. The summed E-state index contributed by atoms with van der Waals surface area (Å²) in [6.45, 7) is 0. The first-order valence-electron chi connectivity index (χ1n) is 5.40. The zero-order chi connectivity index (χ0) is 11.5. The highest BCUT2D eigenvalue weighted by Gasteiger charge is 2.12. The Balaban J connectivity index is 2.45. The standard InChI is InChI=1S/C14H17NO/c1-15(2)14(16-3)13-9-8-11-6-4-5-7-12(11)10-13/h4-10,14H,1-3H3. The van der Waals surface area contributed by atoms with E-state index in [1.54, 1.807) is 7.11 Å². The van der Waals surface area contributed by atoms with E-state index >= 15 is 0 Å². The maximum Gasteiger partial charge on any atom is 0.135 e. The molecule has 0 aromatic heterocycles. The van der Waals surface area contributed by atoms with Crippen LogP contribution in [0, 0.1) is 0 Å². The fraction of sp³-hybridized carbons (Fsp3) is 0.286. The summed E-state index contributed by atoms with van der Waals surface area (Å²) in [6, 6.07) is 14.8. The molecule has 2 aromatic rings. The smallest absolute Gasteiger partial charge is 0.135 e. The lowest BCUT2D eigenvalue weighted by Gasteiger charge is -2.23. The molecule has 16 heavy (non-hydrogen) atoms. The molecule has 0 fully saturated rings. The Bertz CT molecular complexity index is 479. The van der Waals surface area contributed by atoms with Crippen molar-refractivity contribution in [3.63, 3.8) is 0 Å². The number of hydrogen-bond donors (Lipinski definition) is 0. The van der Waals surface area contributed by atoms with E-state index in [1.807, 2.05) is 14.1 Å². The van der Waals surface area contributed by atoms with Gasteiger partial charge in [-0.2, -0.15) is 0 Å². The molecule has 2 rings (SSSR count). The summed E-state index contributed by atoms with van der Waals surface area (Å²) in [5.41, 5.74) is 1.19. The number of ether oxygens (including phenoxy) is 1. The summed E-state index contributed by atoms with van der Waals surface area (Å²) in [5.74, 6) is 0. The van der Waals surface area contributed by atoms with E-state index in [2.05, 4.69) is 47.4 Å². The molecule has 2 aromatic carbocycles. The molecule has 0 saturated heterocycles. The summed E-state index contributed by atoms with van der Waals surface area (Å²) in [5, 5.41) is 2.52. The van der Waals surface area contributed by atoms with Crippen molar-refractivity contribution >= 4 is 10.8 Å². The van der Waals surface area contributed by atoms with Gasteiger partial charge in [0.05, 0.1) is 0 Å². The summed E-state index contributed by atoms with van der Waals surface area (Å²) in [4.78, 5) is 2.06. The maximum absolute atomic E-state index is 5.47. The van der Waals surface area contributed by atoms with Gasteiger partial charge < -0.3 is 4.74 Å². The average Bonchev–Trinajstić information content (AvgIpc) is 2.29. The largest absolute Gasteiger partial charge is 0.362 e. The van der Waals surface area contributed by atoms with Crippen LogP contribution in [-0.2, 0) is 4.74 Å². The van der Waals surface area contributed by atoms with Gasteiger partial charge in [0.1, 0.15) is 6.23 Å². The molecule has 0 spiro atoms. The second-order valence-electron chi connectivity index (χ2n) is 4.16. The molecule has 0 aliphatic heterocycles. The van der Waals surface area contributed by atoms with Gasteiger partial charge in [-0.3, -0.25) is 4.90 Å². The molecule has 0 aliphatic rings. The van der Waals surface area contributed by atoms with Crippen molar-refractivity contribution in [3.8, 4) is 0 Å². The number of fused-ring (bicyclic) bond motifs is 1. The Morgan fingerprint density at radius 3 is 2.31 bits per heavy atom. The van der Waals surface area contributed by atoms with Crippen molar-refractivity contribution in [1.29, 1.82) is 0 Å². The fourth-order valence-corrected chi connectivity index (χ4v) is 2.01. The predicted octanol–water partition coefficient (Wildman–Crippen LogP) is 3.05. The number of hydrogen-bond acceptors (Lipinski definition) is 2. The Labute approximate surface area is 96.4 Å². The Kier molecular flexibility index (Phi) is 3.22. The van der Waals surface area contributed by atoms with Crippen molar-refractivity contribution in [2.45, 2.75) is 6.23 Å². The molecule has 0 saturated carbocycles. The molecule has 0 heterocycles. The van der Waals surface area contributed by atoms with Gasteiger partial charge in [-0.05, 0) is 36.5 Å². The minimum Gasteiger partial charge on any atom is -0.362 e. The highest BCUT2D eigenvalue weighted by molar-refractivity contribution is 5.83. The minimum absolute atomic E-state index is 0.0182. The highest BCUT2D eigenvalue weighted by Crippen LogP contribution is 2.23. The Hall–Kier alpha value is -1.38. The van der Waals surface area contributed by atoms with E-state index in [0.29, 0.717) is 0 Å². The number of methoxy groups -OCH3 is 1. The number of benzene rings is 2. The minimum atomic E-state index is 0.0182. The first-order chi connectivity index (χ1) is 7.72. The fourth-order valence-electron chi connectivity index (χ4n) is 2.01. The lowest BCUT2D eigenvalue weighted by Crippen LogP contribution is -2.21. The topological polar surface area (TPSA) is 12.5 Å². The second kappa shape index (κ2) is 4.64. The first kappa shape index (κ1) is 11.1. The van der Waals surface area contributed by atoms with Crippen LogP contribution in [-0.4, -0.2) is 26.1 Å². The van der Waals surface area contributed by atoms with E-state index in [1.165, 1.54) is 16.3 Å². The summed E-state index contributed by atoms with van der Waals surface area (Å²) in [7, 11) is 5.77. The van der Waals surface area contributed by atoms with Crippen LogP contribution < -0.4 is 0 Å². The van der Waals surface area contributed by atoms with E-state index in [-0.39, 0.29) is 6.23 Å². The van der Waals surface area contributed by atoms with Crippen LogP contribution in [0.3, 0.4) is 0 Å². The average molecular weight is 215 g/mol. The van der Waals surface area contributed by atoms with E-state index < -0.39 is 0 Å². The second-order valence-corrected chi connectivity index (χ2v) is 4.16. The number of rotatable bonds is 3. The summed E-state index contributed by atoms with van der Waals surface area (Å²) < 4.78 is 5.47. The maximum atomic E-state index is 5.47. The third-order valence-electron chi connectivity index (χ3n) is 2.75.